The van der Waals surface area contributed by atoms with E-state index in [2.05, 4.69) is 179 Å². The summed E-state index contributed by atoms with van der Waals surface area (Å²) in [4.78, 5) is 0. The van der Waals surface area contributed by atoms with E-state index in [0.29, 0.717) is 5.92 Å². The normalized spacial score (nSPS) is 16.4. The van der Waals surface area contributed by atoms with Gasteiger partial charge in [0, 0.05) is 0 Å². The molecule has 0 aromatic heterocycles. The quantitative estimate of drug-likeness (QED) is 0.158. The third-order valence-corrected chi connectivity index (χ3v) is 48.2. The second-order valence-electron chi connectivity index (χ2n) is 17.0. The average molecular weight is 848 g/mol. The third-order valence-electron chi connectivity index (χ3n) is 10.9. The minimum Gasteiger partial charge on any atom is -0.147 e. The fourth-order valence-electron chi connectivity index (χ4n) is 8.08. The average Bonchev–Trinajstić information content (AvgIpc) is 3.57. The van der Waals surface area contributed by atoms with Gasteiger partial charge in [-0.3, -0.25) is 0 Å². The van der Waals surface area contributed by atoms with Gasteiger partial charge < -0.3 is 0 Å². The zero-order valence-electron chi connectivity index (χ0n) is 30.1. The van der Waals surface area contributed by atoms with Gasteiger partial charge in [0.15, 0.2) is 0 Å². The zero-order chi connectivity index (χ0) is 32.6. The topological polar surface area (TPSA) is 0 Å². The Morgan fingerprint density at radius 2 is 1.13 bits per heavy atom. The maximum atomic E-state index is 2.70. The van der Waals surface area contributed by atoms with Crippen molar-refractivity contribution in [2.75, 3.05) is 0 Å². The van der Waals surface area contributed by atoms with Crippen molar-refractivity contribution in [1.82, 2.24) is 0 Å². The number of hydrogen-bond donors (Lipinski definition) is 0. The molecule has 1 atom stereocenters. The molecular formula is C43H54Cl2HfSi. The Hall–Kier alpha value is -1.97. The van der Waals surface area contributed by atoms with Crippen molar-refractivity contribution >= 4 is 41.7 Å². The first kappa shape index (κ1) is 37.8. The molecule has 248 valence electrons. The van der Waals surface area contributed by atoms with Crippen LogP contribution in [0.15, 0.2) is 112 Å². The predicted octanol–water partition coefficient (Wildman–Crippen LogP) is 9.72. The van der Waals surface area contributed by atoms with E-state index < -0.39 is 17.1 Å². The molecule has 0 spiro atoms. The summed E-state index contributed by atoms with van der Waals surface area (Å²) >= 11 is -4.79. The molecule has 2 aliphatic carbocycles. The minimum absolute atomic E-state index is 0. The summed E-state index contributed by atoms with van der Waals surface area (Å²) < 4.78 is 6.45. The molecule has 6 rings (SSSR count). The minimum atomic E-state index is -4.79. The molecule has 4 heteroatoms. The molecule has 0 heterocycles. The number of allylic oxidation sites excluding steroid dienone is 4. The van der Waals surface area contributed by atoms with Crippen molar-refractivity contribution in [2.24, 2.45) is 11.3 Å². The molecule has 0 saturated carbocycles. The molecule has 1 unspecified atom stereocenters. The van der Waals surface area contributed by atoms with Gasteiger partial charge in [-0.15, -0.1) is 24.8 Å². The maximum Gasteiger partial charge on any atom is -0.147 e. The monoisotopic (exact) mass is 848 g/mol. The molecule has 0 aliphatic heterocycles. The van der Waals surface area contributed by atoms with Gasteiger partial charge in [-0.25, -0.2) is 0 Å². The maximum absolute atomic E-state index is 4.79. The van der Waals surface area contributed by atoms with Crippen LogP contribution < -0.4 is 9.96 Å². The molecule has 0 amide bonds. The van der Waals surface area contributed by atoms with Gasteiger partial charge in [0.05, 0.1) is 0 Å². The number of hydrogen-bond acceptors (Lipinski definition) is 0. The van der Waals surface area contributed by atoms with Crippen LogP contribution in [0.4, 0.5) is 0 Å². The Labute approximate surface area is 299 Å². The molecule has 4 aromatic carbocycles. The molecule has 0 radical (unpaired) electrons. The van der Waals surface area contributed by atoms with Crippen LogP contribution >= 0.6 is 24.8 Å². The summed E-state index contributed by atoms with van der Waals surface area (Å²) in [6, 6.07) is 36.1. The summed E-state index contributed by atoms with van der Waals surface area (Å²) in [6.07, 6.45) is 6.26. The van der Waals surface area contributed by atoms with E-state index >= 15 is 0 Å². The van der Waals surface area contributed by atoms with Crippen molar-refractivity contribution in [3.8, 4) is 11.1 Å². The van der Waals surface area contributed by atoms with Gasteiger partial charge in [0.1, 0.15) is 0 Å². The number of benzene rings is 4. The van der Waals surface area contributed by atoms with Crippen LogP contribution in [0.2, 0.25) is 0 Å². The number of fused-ring (bicyclic) bond motifs is 3. The Balaban J connectivity index is 0.00000250. The van der Waals surface area contributed by atoms with Crippen LogP contribution in [0.25, 0.3) is 11.1 Å². The van der Waals surface area contributed by atoms with Crippen LogP contribution in [0.1, 0.15) is 91.5 Å². The first-order valence-corrected chi connectivity index (χ1v) is 32.4. The van der Waals surface area contributed by atoms with Crippen LogP contribution in [0.5, 0.6) is 0 Å². The summed E-state index contributed by atoms with van der Waals surface area (Å²) in [5.41, 5.74) is 10.5. The van der Waals surface area contributed by atoms with Gasteiger partial charge in [-0.05, 0) is 0 Å². The third kappa shape index (κ3) is 6.09. The second kappa shape index (κ2) is 12.7. The number of rotatable bonds is 4. The van der Waals surface area contributed by atoms with E-state index in [-0.39, 0.29) is 41.1 Å². The van der Waals surface area contributed by atoms with Crippen LogP contribution in [-0.4, -0.2) is 6.94 Å². The summed E-state index contributed by atoms with van der Waals surface area (Å²) in [5.74, 6) is 0.373. The first-order valence-electron chi connectivity index (χ1n) is 16.8. The van der Waals surface area contributed by atoms with E-state index in [1.807, 2.05) is 0 Å². The van der Waals surface area contributed by atoms with Crippen molar-refractivity contribution in [1.29, 1.82) is 0 Å². The predicted molar refractivity (Wildman–Crippen MR) is 212 cm³/mol. The molecule has 0 N–H and O–H groups in total. The number of halogens is 2. The van der Waals surface area contributed by atoms with E-state index in [0.717, 1.165) is 6.42 Å². The molecule has 0 nitrogen and oxygen atoms in total. The van der Waals surface area contributed by atoms with Crippen molar-refractivity contribution in [3.63, 3.8) is 0 Å². The van der Waals surface area contributed by atoms with Gasteiger partial charge in [0.25, 0.3) is 0 Å². The molecule has 2 aliphatic rings. The van der Waals surface area contributed by atoms with E-state index in [1.165, 1.54) is 33.4 Å². The van der Waals surface area contributed by atoms with E-state index in [4.69, 9.17) is 0 Å². The zero-order valence-corrected chi connectivity index (χ0v) is 36.8. The van der Waals surface area contributed by atoms with Crippen LogP contribution in [0, 0.1) is 11.3 Å². The molecule has 0 bridgehead atoms. The van der Waals surface area contributed by atoms with Crippen molar-refractivity contribution < 1.29 is 17.1 Å². The van der Waals surface area contributed by atoms with Gasteiger partial charge in [0.2, 0.25) is 0 Å². The standard InChI is InChI=1S/C21H25.C10H15.2C6H5.2ClH.Hf.H2Si/c1-20(2,3)16-9-7-14-11-15-8-10-17(21(4,5)6)13-19(15)18(14)12-16;1-8-5-6-9(7-8)10(2,3)4;2*1-2-4-6-5-3-1;;;;/h7,9-10,12-13H,11H2,1-6H3;6-8H,1-4H3;2*1-5H;2*1H;;1H2. The summed E-state index contributed by atoms with van der Waals surface area (Å²) in [7, 11) is 0. The fourth-order valence-corrected chi connectivity index (χ4v) is 42.1. The van der Waals surface area contributed by atoms with Crippen molar-refractivity contribution in [3.05, 3.63) is 134 Å². The van der Waals surface area contributed by atoms with Gasteiger partial charge >= 0.3 is 277 Å². The smallest absolute Gasteiger partial charge is 0.147 e. The summed E-state index contributed by atoms with van der Waals surface area (Å²) in [5, 5.41) is 0. The first-order chi connectivity index (χ1) is 20.9. The SMILES string of the molecule is CC1C=C(C(C)(C)C)C=[C]1[Hf](=[SiH2])([c]1ccccc1)([c]1ccccc1)[c]1cc(C(C)(C)C)cc2c1Cc1ccc(C(C)(C)C)cc1-2.Cl.Cl. The Bertz CT molecular complexity index is 1880. The molecular weight excluding hydrogens is 794 g/mol. The molecule has 0 fully saturated rings. The fraction of sp³-hybridized carbons (Fsp3) is 0.349. The molecule has 0 saturated heterocycles. The van der Waals surface area contributed by atoms with Gasteiger partial charge in [-0.2, -0.15) is 0 Å². The van der Waals surface area contributed by atoms with Crippen LogP contribution in [-0.2, 0) is 34.4 Å². The summed E-state index contributed by atoms with van der Waals surface area (Å²) in [6.45, 7) is 26.2. The van der Waals surface area contributed by atoms with Crippen LogP contribution in [0.3, 0.4) is 0 Å². The molecule has 4 aromatic rings. The van der Waals surface area contributed by atoms with Crippen molar-refractivity contribution in [2.45, 2.75) is 86.5 Å². The Morgan fingerprint density at radius 3 is 1.60 bits per heavy atom. The Morgan fingerprint density at radius 1 is 0.617 bits per heavy atom. The molecule has 47 heavy (non-hydrogen) atoms. The second-order valence-corrected chi connectivity index (χ2v) is 47.3. The van der Waals surface area contributed by atoms with E-state index in [9.17, 15) is 0 Å². The van der Waals surface area contributed by atoms with E-state index in [1.54, 1.807) is 18.9 Å². The Kier molecular flexibility index (Phi) is 10.2. The van der Waals surface area contributed by atoms with Gasteiger partial charge in [-0.1, -0.05) is 0 Å². The largest absolute Gasteiger partial charge is 0.147 e.